The van der Waals surface area contributed by atoms with Gasteiger partial charge in [-0.15, -0.1) is 10.2 Å². The number of H-pyrrole nitrogens is 1. The monoisotopic (exact) mass is 286 g/mol. The molecule has 0 atom stereocenters. The number of piperidine rings is 1. The molecule has 3 rings (SSSR count). The second-order valence-electron chi connectivity index (χ2n) is 5.30. The van der Waals surface area contributed by atoms with Crippen molar-refractivity contribution in [1.82, 2.24) is 25.1 Å². The van der Waals surface area contributed by atoms with Gasteiger partial charge in [-0.25, -0.2) is 0 Å². The lowest BCUT2D eigenvalue weighted by molar-refractivity contribution is -0.121. The maximum atomic E-state index is 12.2. The Morgan fingerprint density at radius 3 is 2.86 bits per heavy atom. The minimum Gasteiger partial charge on any atom is -0.306 e. The highest BCUT2D eigenvalue weighted by molar-refractivity contribution is 5.91. The minimum absolute atomic E-state index is 0.00632. The molecule has 2 aromatic heterocycles. The molecule has 1 saturated heterocycles. The lowest BCUT2D eigenvalue weighted by Crippen LogP contribution is -2.36. The van der Waals surface area contributed by atoms with Crippen LogP contribution in [0.2, 0.25) is 0 Å². The van der Waals surface area contributed by atoms with Gasteiger partial charge in [-0.05, 0) is 45.1 Å². The van der Waals surface area contributed by atoms with Gasteiger partial charge in [0.2, 0.25) is 11.9 Å². The molecule has 0 spiro atoms. The normalized spacial score (nSPS) is 16.8. The van der Waals surface area contributed by atoms with Crippen LogP contribution in [0.25, 0.3) is 11.5 Å². The summed E-state index contributed by atoms with van der Waals surface area (Å²) in [7, 11) is 2.07. The van der Waals surface area contributed by atoms with Gasteiger partial charge in [-0.1, -0.05) is 6.07 Å². The molecular weight excluding hydrogens is 268 g/mol. The number of pyridine rings is 1. The fraction of sp³-hybridized carbons (Fsp3) is 0.429. The molecule has 2 aromatic rings. The van der Waals surface area contributed by atoms with Gasteiger partial charge in [-0.2, -0.15) is 0 Å². The molecule has 7 heteroatoms. The van der Waals surface area contributed by atoms with Crippen LogP contribution in [-0.2, 0) is 4.79 Å². The fourth-order valence-electron chi connectivity index (χ4n) is 2.43. The van der Waals surface area contributed by atoms with Crippen molar-refractivity contribution in [3.63, 3.8) is 0 Å². The van der Waals surface area contributed by atoms with Crippen LogP contribution < -0.4 is 5.32 Å². The standard InChI is InChI=1S/C14H18N6O/c1-20-8-5-10(6-9-20)13(21)17-14-16-12(18-19-14)11-4-2-3-7-15-11/h2-4,7,10H,5-6,8-9H2,1H3,(H2,16,17,18,19,21). The Bertz CT molecular complexity index is 603. The van der Waals surface area contributed by atoms with Crippen molar-refractivity contribution in [3.8, 4) is 11.5 Å². The van der Waals surface area contributed by atoms with Crippen molar-refractivity contribution in [1.29, 1.82) is 0 Å². The predicted molar refractivity (Wildman–Crippen MR) is 78.5 cm³/mol. The van der Waals surface area contributed by atoms with Crippen LogP contribution >= 0.6 is 0 Å². The number of hydrogen-bond acceptors (Lipinski definition) is 5. The second kappa shape index (κ2) is 6.01. The number of nitrogens with zero attached hydrogens (tertiary/aromatic N) is 4. The molecule has 0 bridgehead atoms. The van der Waals surface area contributed by atoms with E-state index in [0.717, 1.165) is 25.9 Å². The van der Waals surface area contributed by atoms with Gasteiger partial charge in [0.1, 0.15) is 5.69 Å². The van der Waals surface area contributed by atoms with E-state index in [1.807, 2.05) is 18.2 Å². The van der Waals surface area contributed by atoms with Crippen molar-refractivity contribution < 1.29 is 4.79 Å². The predicted octanol–water partition coefficient (Wildman–Crippen LogP) is 1.15. The summed E-state index contributed by atoms with van der Waals surface area (Å²) in [5, 5.41) is 10.8. The molecule has 1 amide bonds. The molecule has 1 aliphatic rings. The van der Waals surface area contributed by atoms with Crippen molar-refractivity contribution in [2.45, 2.75) is 12.8 Å². The van der Waals surface area contributed by atoms with Crippen molar-refractivity contribution >= 4 is 11.9 Å². The van der Waals surface area contributed by atoms with E-state index in [0.29, 0.717) is 17.5 Å². The summed E-state index contributed by atoms with van der Waals surface area (Å²) < 4.78 is 0. The van der Waals surface area contributed by atoms with E-state index in [1.165, 1.54) is 0 Å². The molecule has 0 radical (unpaired) electrons. The molecule has 0 aromatic carbocycles. The average Bonchev–Trinajstić information content (AvgIpc) is 2.97. The third-order valence-corrected chi connectivity index (χ3v) is 3.73. The van der Waals surface area contributed by atoms with E-state index in [-0.39, 0.29) is 11.8 Å². The number of likely N-dealkylation sites (tertiary alicyclic amines) is 1. The lowest BCUT2D eigenvalue weighted by atomic mass is 9.96. The molecule has 21 heavy (non-hydrogen) atoms. The summed E-state index contributed by atoms with van der Waals surface area (Å²) in [5.41, 5.74) is 0.699. The van der Waals surface area contributed by atoms with Crippen molar-refractivity contribution in [2.24, 2.45) is 5.92 Å². The van der Waals surface area contributed by atoms with Crippen LogP contribution in [0, 0.1) is 5.92 Å². The Hall–Kier alpha value is -2.28. The number of amides is 1. The summed E-state index contributed by atoms with van der Waals surface area (Å²) in [6.07, 6.45) is 3.45. The van der Waals surface area contributed by atoms with Crippen molar-refractivity contribution in [3.05, 3.63) is 24.4 Å². The first-order valence-electron chi connectivity index (χ1n) is 7.06. The fourth-order valence-corrected chi connectivity index (χ4v) is 2.43. The summed E-state index contributed by atoms with van der Waals surface area (Å²) in [6.45, 7) is 1.90. The van der Waals surface area contributed by atoms with Crippen LogP contribution in [0.15, 0.2) is 24.4 Å². The molecule has 1 aliphatic heterocycles. The SMILES string of the molecule is CN1CCC(C(=O)Nc2nnc(-c3ccccn3)[nH]2)CC1. The number of rotatable bonds is 3. The van der Waals surface area contributed by atoms with Crippen LogP contribution in [0.4, 0.5) is 5.95 Å². The first-order valence-corrected chi connectivity index (χ1v) is 7.06. The van der Waals surface area contributed by atoms with Crippen LogP contribution in [0.1, 0.15) is 12.8 Å². The third-order valence-electron chi connectivity index (χ3n) is 3.73. The Morgan fingerprint density at radius 1 is 1.33 bits per heavy atom. The van der Waals surface area contributed by atoms with E-state index < -0.39 is 0 Å². The highest BCUT2D eigenvalue weighted by Crippen LogP contribution is 2.18. The summed E-state index contributed by atoms with van der Waals surface area (Å²) >= 11 is 0. The van der Waals surface area contributed by atoms with Gasteiger partial charge < -0.3 is 9.88 Å². The number of carbonyl (C=O) groups is 1. The zero-order valence-electron chi connectivity index (χ0n) is 11.9. The highest BCUT2D eigenvalue weighted by Gasteiger charge is 2.24. The quantitative estimate of drug-likeness (QED) is 0.883. The molecule has 0 unspecified atom stereocenters. The second-order valence-corrected chi connectivity index (χ2v) is 5.30. The highest BCUT2D eigenvalue weighted by atomic mass is 16.2. The molecule has 1 fully saturated rings. The Labute approximate surface area is 122 Å². The van der Waals surface area contributed by atoms with E-state index in [9.17, 15) is 4.79 Å². The first kappa shape index (κ1) is 13.7. The van der Waals surface area contributed by atoms with Gasteiger partial charge in [0.25, 0.3) is 0 Å². The number of nitrogens with one attached hydrogen (secondary N) is 2. The van der Waals surface area contributed by atoms with Crippen molar-refractivity contribution in [2.75, 3.05) is 25.5 Å². The maximum Gasteiger partial charge on any atom is 0.229 e. The number of hydrogen-bond donors (Lipinski definition) is 2. The molecule has 2 N–H and O–H groups in total. The number of aromatic nitrogens is 4. The molecular formula is C14H18N6O. The topological polar surface area (TPSA) is 86.8 Å². The first-order chi connectivity index (χ1) is 10.2. The van der Waals surface area contributed by atoms with Gasteiger partial charge in [0.05, 0.1) is 0 Å². The molecule has 110 valence electrons. The minimum atomic E-state index is 0.00632. The van der Waals surface area contributed by atoms with Crippen LogP contribution in [-0.4, -0.2) is 51.1 Å². The summed E-state index contributed by atoms with van der Waals surface area (Å²) in [4.78, 5) is 21.6. The zero-order valence-corrected chi connectivity index (χ0v) is 11.9. The maximum absolute atomic E-state index is 12.2. The Balaban J connectivity index is 1.63. The number of aromatic amines is 1. The number of carbonyl (C=O) groups excluding carboxylic acids is 1. The molecule has 7 nitrogen and oxygen atoms in total. The van der Waals surface area contributed by atoms with E-state index in [2.05, 4.69) is 37.4 Å². The third kappa shape index (κ3) is 3.25. The number of anilines is 1. The Kier molecular flexibility index (Phi) is 3.92. The molecule has 3 heterocycles. The smallest absolute Gasteiger partial charge is 0.229 e. The zero-order chi connectivity index (χ0) is 14.7. The Morgan fingerprint density at radius 2 is 2.14 bits per heavy atom. The van der Waals surface area contributed by atoms with Gasteiger partial charge >= 0.3 is 0 Å². The average molecular weight is 286 g/mol. The summed E-state index contributed by atoms with van der Waals surface area (Å²) in [5.74, 6) is 0.977. The van der Waals surface area contributed by atoms with E-state index in [4.69, 9.17) is 0 Å². The van der Waals surface area contributed by atoms with Gasteiger partial charge in [0.15, 0.2) is 5.82 Å². The summed E-state index contributed by atoms with van der Waals surface area (Å²) in [6, 6.07) is 5.55. The van der Waals surface area contributed by atoms with Gasteiger partial charge in [-0.3, -0.25) is 15.1 Å². The van der Waals surface area contributed by atoms with Gasteiger partial charge in [0, 0.05) is 12.1 Å². The largest absolute Gasteiger partial charge is 0.306 e. The lowest BCUT2D eigenvalue weighted by Gasteiger charge is -2.27. The van der Waals surface area contributed by atoms with E-state index in [1.54, 1.807) is 6.20 Å². The molecule has 0 saturated carbocycles. The molecule has 0 aliphatic carbocycles. The van der Waals surface area contributed by atoms with Crippen LogP contribution in [0.3, 0.4) is 0 Å². The van der Waals surface area contributed by atoms with E-state index >= 15 is 0 Å². The van der Waals surface area contributed by atoms with Crippen LogP contribution in [0.5, 0.6) is 0 Å².